The molecule has 0 aliphatic heterocycles. The molecule has 7 nitrogen and oxygen atoms in total. The molecule has 2 aromatic carbocycles. The third-order valence-corrected chi connectivity index (χ3v) is 5.10. The molecule has 0 saturated carbocycles. The van der Waals surface area contributed by atoms with E-state index in [1.54, 1.807) is 53.1 Å². The van der Waals surface area contributed by atoms with Gasteiger partial charge in [0.2, 0.25) is 0 Å². The van der Waals surface area contributed by atoms with Crippen LogP contribution in [-0.2, 0) is 9.47 Å². The number of ether oxygens (including phenoxy) is 2. The van der Waals surface area contributed by atoms with Gasteiger partial charge in [0, 0.05) is 15.5 Å². The van der Waals surface area contributed by atoms with E-state index in [0.29, 0.717) is 22.0 Å². The van der Waals surface area contributed by atoms with Crippen LogP contribution < -0.4 is 5.63 Å². The second-order valence-electron chi connectivity index (χ2n) is 6.13. The van der Waals surface area contributed by atoms with Gasteiger partial charge in [-0.15, -0.1) is 0 Å². The lowest BCUT2D eigenvalue weighted by Gasteiger charge is -2.11. The Morgan fingerprint density at radius 2 is 1.55 bits per heavy atom. The molecule has 2 aromatic heterocycles. The number of hydrogen-bond donors (Lipinski definition) is 0. The van der Waals surface area contributed by atoms with Crippen LogP contribution in [0.3, 0.4) is 0 Å². The fourth-order valence-electron chi connectivity index (χ4n) is 3.34. The van der Waals surface area contributed by atoms with E-state index in [0.717, 1.165) is 4.47 Å². The van der Waals surface area contributed by atoms with Gasteiger partial charge in [0.1, 0.15) is 5.56 Å². The first kappa shape index (κ1) is 18.9. The minimum atomic E-state index is -0.815. The monoisotopic (exact) mass is 455 g/mol. The van der Waals surface area contributed by atoms with Gasteiger partial charge in [0.05, 0.1) is 25.1 Å². The molecule has 0 radical (unpaired) electrons. The van der Waals surface area contributed by atoms with E-state index in [2.05, 4.69) is 15.9 Å². The summed E-state index contributed by atoms with van der Waals surface area (Å²) in [6.07, 6.45) is 0. The number of aromatic nitrogens is 1. The van der Waals surface area contributed by atoms with Gasteiger partial charge < -0.3 is 13.9 Å². The molecule has 0 N–H and O–H groups in total. The minimum Gasteiger partial charge on any atom is -0.465 e. The predicted molar refractivity (Wildman–Crippen MR) is 110 cm³/mol. The van der Waals surface area contributed by atoms with E-state index in [1.807, 2.05) is 0 Å². The Morgan fingerprint density at radius 3 is 2.17 bits per heavy atom. The van der Waals surface area contributed by atoms with Gasteiger partial charge in [0.25, 0.3) is 0 Å². The smallest absolute Gasteiger partial charge is 0.356 e. The quantitative estimate of drug-likeness (QED) is 0.432. The summed E-state index contributed by atoms with van der Waals surface area (Å²) >= 11 is 3.38. The molecule has 0 saturated heterocycles. The van der Waals surface area contributed by atoms with Crippen LogP contribution >= 0.6 is 15.9 Å². The number of benzene rings is 2. The zero-order chi connectivity index (χ0) is 20.7. The van der Waals surface area contributed by atoms with Gasteiger partial charge in [-0.1, -0.05) is 34.1 Å². The maximum Gasteiger partial charge on any atom is 0.356 e. The highest BCUT2D eigenvalue weighted by Crippen LogP contribution is 2.34. The lowest BCUT2D eigenvalue weighted by Crippen LogP contribution is -2.15. The fraction of sp³-hybridized carbons (Fsp3) is 0.0952. The van der Waals surface area contributed by atoms with Crippen molar-refractivity contribution in [2.75, 3.05) is 14.2 Å². The molecule has 4 aromatic rings. The molecule has 0 atom stereocenters. The zero-order valence-corrected chi connectivity index (χ0v) is 17.0. The number of halogens is 1. The summed E-state index contributed by atoms with van der Waals surface area (Å²) in [5.41, 5.74) is 0.0545. The second kappa shape index (κ2) is 7.21. The van der Waals surface area contributed by atoms with Gasteiger partial charge in [-0.05, 0) is 30.3 Å². The SMILES string of the molecule is COC(=O)c1c(C(=O)OC)n(-c2ccc(Br)cc2)c2c1oc(=O)c1ccccc12. The van der Waals surface area contributed by atoms with Crippen molar-refractivity contribution in [1.82, 2.24) is 4.57 Å². The molecule has 29 heavy (non-hydrogen) atoms. The Hall–Kier alpha value is -3.39. The molecular weight excluding hydrogens is 442 g/mol. The van der Waals surface area contributed by atoms with Gasteiger partial charge in [-0.2, -0.15) is 0 Å². The van der Waals surface area contributed by atoms with E-state index in [1.165, 1.54) is 14.2 Å². The molecule has 0 spiro atoms. The largest absolute Gasteiger partial charge is 0.465 e. The van der Waals surface area contributed by atoms with Crippen LogP contribution in [0.4, 0.5) is 0 Å². The van der Waals surface area contributed by atoms with Crippen LogP contribution in [0.2, 0.25) is 0 Å². The number of fused-ring (bicyclic) bond motifs is 3. The normalized spacial score (nSPS) is 11.0. The van der Waals surface area contributed by atoms with Gasteiger partial charge in [0.15, 0.2) is 11.3 Å². The van der Waals surface area contributed by atoms with Gasteiger partial charge in [-0.25, -0.2) is 14.4 Å². The topological polar surface area (TPSA) is 87.7 Å². The van der Waals surface area contributed by atoms with Crippen LogP contribution in [0, 0.1) is 0 Å². The third kappa shape index (κ3) is 2.92. The standard InChI is InChI=1S/C21H14BrNO6/c1-27-20(25)15-17(21(26)28-2)23(12-9-7-11(22)8-10-12)16-13-5-3-4-6-14(13)19(24)29-18(15)16/h3-10H,1-2H3. The first-order valence-corrected chi connectivity index (χ1v) is 9.30. The number of methoxy groups -OCH3 is 2. The van der Waals surface area contributed by atoms with Crippen molar-refractivity contribution in [3.63, 3.8) is 0 Å². The van der Waals surface area contributed by atoms with E-state index in [4.69, 9.17) is 13.9 Å². The van der Waals surface area contributed by atoms with E-state index >= 15 is 0 Å². The van der Waals surface area contributed by atoms with Crippen LogP contribution in [0.15, 0.2) is 62.2 Å². The van der Waals surface area contributed by atoms with Crippen molar-refractivity contribution in [2.24, 2.45) is 0 Å². The highest BCUT2D eigenvalue weighted by molar-refractivity contribution is 9.10. The van der Waals surface area contributed by atoms with Crippen molar-refractivity contribution >= 4 is 49.7 Å². The molecule has 0 unspecified atom stereocenters. The molecule has 0 fully saturated rings. The molecule has 146 valence electrons. The molecule has 0 aliphatic rings. The maximum absolute atomic E-state index is 12.7. The highest BCUT2D eigenvalue weighted by Gasteiger charge is 2.32. The summed E-state index contributed by atoms with van der Waals surface area (Å²) < 4.78 is 17.7. The van der Waals surface area contributed by atoms with E-state index < -0.39 is 17.6 Å². The predicted octanol–water partition coefficient (Wildman–Crippen LogP) is 4.07. The van der Waals surface area contributed by atoms with Gasteiger partial charge in [-0.3, -0.25) is 4.57 Å². The number of carbonyl (C=O) groups is 2. The number of rotatable bonds is 3. The number of nitrogens with zero attached hydrogens (tertiary/aromatic N) is 1. The van der Waals surface area contributed by atoms with E-state index in [-0.39, 0.29) is 16.8 Å². The third-order valence-electron chi connectivity index (χ3n) is 4.58. The highest BCUT2D eigenvalue weighted by atomic mass is 79.9. The Balaban J connectivity index is 2.31. The Kier molecular flexibility index (Phi) is 4.71. The minimum absolute atomic E-state index is 0.0381. The summed E-state index contributed by atoms with van der Waals surface area (Å²) in [5, 5.41) is 0.852. The number of hydrogen-bond acceptors (Lipinski definition) is 6. The van der Waals surface area contributed by atoms with Crippen LogP contribution in [-0.4, -0.2) is 30.7 Å². The maximum atomic E-state index is 12.7. The van der Waals surface area contributed by atoms with Crippen LogP contribution in [0.5, 0.6) is 0 Å². The van der Waals surface area contributed by atoms with Crippen molar-refractivity contribution < 1.29 is 23.5 Å². The fourth-order valence-corrected chi connectivity index (χ4v) is 3.60. The second-order valence-corrected chi connectivity index (χ2v) is 7.05. The van der Waals surface area contributed by atoms with Crippen molar-refractivity contribution in [3.8, 4) is 5.69 Å². The Morgan fingerprint density at radius 1 is 0.931 bits per heavy atom. The zero-order valence-electron chi connectivity index (χ0n) is 15.4. The van der Waals surface area contributed by atoms with Crippen LogP contribution in [0.1, 0.15) is 20.8 Å². The van der Waals surface area contributed by atoms with Crippen molar-refractivity contribution in [2.45, 2.75) is 0 Å². The number of esters is 2. The molecule has 0 aliphatic carbocycles. The van der Waals surface area contributed by atoms with Crippen molar-refractivity contribution in [3.05, 3.63) is 74.7 Å². The average Bonchev–Trinajstić information content (AvgIpc) is 3.08. The van der Waals surface area contributed by atoms with Gasteiger partial charge >= 0.3 is 17.6 Å². The lowest BCUT2D eigenvalue weighted by atomic mass is 10.1. The molecular formula is C21H14BrNO6. The first-order chi connectivity index (χ1) is 14.0. The Labute approximate surface area is 172 Å². The summed E-state index contributed by atoms with van der Waals surface area (Å²) in [7, 11) is 2.40. The first-order valence-electron chi connectivity index (χ1n) is 8.50. The molecule has 0 bridgehead atoms. The summed E-state index contributed by atoms with van der Waals surface area (Å²) in [6, 6.07) is 13.9. The number of carbonyl (C=O) groups excluding carboxylic acids is 2. The lowest BCUT2D eigenvalue weighted by molar-refractivity contribution is 0.0550. The molecule has 0 amide bonds. The Bertz CT molecular complexity index is 1330. The van der Waals surface area contributed by atoms with Crippen molar-refractivity contribution in [1.29, 1.82) is 0 Å². The molecule has 8 heteroatoms. The van der Waals surface area contributed by atoms with Crippen LogP contribution in [0.25, 0.3) is 27.6 Å². The average molecular weight is 456 g/mol. The molecule has 2 heterocycles. The summed E-state index contributed by atoms with van der Waals surface area (Å²) in [5.74, 6) is -1.58. The molecule has 4 rings (SSSR count). The summed E-state index contributed by atoms with van der Waals surface area (Å²) in [4.78, 5) is 37.9. The van der Waals surface area contributed by atoms with E-state index in [9.17, 15) is 14.4 Å². The summed E-state index contributed by atoms with van der Waals surface area (Å²) in [6.45, 7) is 0.